The molecule has 2 aromatic carbocycles. The van der Waals surface area contributed by atoms with Crippen molar-refractivity contribution in [2.45, 2.75) is 33.4 Å². The van der Waals surface area contributed by atoms with E-state index in [4.69, 9.17) is 16.3 Å². The Labute approximate surface area is 142 Å². The van der Waals surface area contributed by atoms with Crippen molar-refractivity contribution in [1.29, 1.82) is 0 Å². The van der Waals surface area contributed by atoms with Crippen LogP contribution >= 0.6 is 11.6 Å². The van der Waals surface area contributed by atoms with Crippen molar-refractivity contribution >= 4 is 17.5 Å². The monoisotopic (exact) mass is 331 g/mol. The van der Waals surface area contributed by atoms with E-state index >= 15 is 0 Å². The lowest BCUT2D eigenvalue weighted by Gasteiger charge is -2.17. The number of rotatable bonds is 6. The Bertz CT molecular complexity index is 670. The molecule has 0 bridgehead atoms. The zero-order valence-electron chi connectivity index (χ0n) is 13.7. The first-order valence-corrected chi connectivity index (χ1v) is 8.12. The Kier molecular flexibility index (Phi) is 6.05. The number of hydrogen-bond acceptors (Lipinski definition) is 2. The van der Waals surface area contributed by atoms with Crippen LogP contribution in [0.5, 0.6) is 5.75 Å². The average Bonchev–Trinajstić information content (AvgIpc) is 2.54. The number of amides is 1. The summed E-state index contributed by atoms with van der Waals surface area (Å²) < 4.78 is 5.75. The van der Waals surface area contributed by atoms with E-state index in [1.165, 1.54) is 0 Å². The summed E-state index contributed by atoms with van der Waals surface area (Å²) in [6, 6.07) is 14.9. The minimum Gasteiger partial charge on any atom is -0.489 e. The minimum atomic E-state index is -0.0885. The number of ether oxygens (including phenoxy) is 1. The van der Waals surface area contributed by atoms with Gasteiger partial charge in [0.2, 0.25) is 0 Å². The molecular formula is C19H22ClNO2. The first kappa shape index (κ1) is 17.4. The Morgan fingerprint density at radius 2 is 1.87 bits per heavy atom. The fraction of sp³-hybridized carbons (Fsp3) is 0.316. The molecular weight excluding hydrogens is 310 g/mol. The van der Waals surface area contributed by atoms with Gasteiger partial charge in [-0.3, -0.25) is 4.79 Å². The molecule has 1 amide bonds. The van der Waals surface area contributed by atoms with E-state index < -0.39 is 0 Å². The molecule has 23 heavy (non-hydrogen) atoms. The van der Waals surface area contributed by atoms with Crippen LogP contribution in [0.3, 0.4) is 0 Å². The summed E-state index contributed by atoms with van der Waals surface area (Å²) in [5, 5.41) is 3.66. The number of halogens is 1. The van der Waals surface area contributed by atoms with Gasteiger partial charge in [0.05, 0.1) is 0 Å². The molecule has 1 N–H and O–H groups in total. The van der Waals surface area contributed by atoms with Gasteiger partial charge in [-0.2, -0.15) is 0 Å². The van der Waals surface area contributed by atoms with Crippen LogP contribution in [0.25, 0.3) is 0 Å². The highest BCUT2D eigenvalue weighted by atomic mass is 35.5. The molecule has 0 fully saturated rings. The van der Waals surface area contributed by atoms with Gasteiger partial charge in [-0.05, 0) is 37.1 Å². The zero-order valence-corrected chi connectivity index (χ0v) is 14.4. The molecule has 0 spiro atoms. The SMILES string of the molecule is CC(C)[C@H](C)NC(=O)c1cccc(OCc2ccccc2Cl)c1. The summed E-state index contributed by atoms with van der Waals surface area (Å²) in [6.07, 6.45) is 0. The predicted molar refractivity (Wildman–Crippen MR) is 94.0 cm³/mol. The van der Waals surface area contributed by atoms with Gasteiger partial charge in [-0.25, -0.2) is 0 Å². The normalized spacial score (nSPS) is 12.0. The Morgan fingerprint density at radius 3 is 2.57 bits per heavy atom. The van der Waals surface area contributed by atoms with Crippen molar-refractivity contribution in [1.82, 2.24) is 5.32 Å². The molecule has 0 aliphatic carbocycles. The van der Waals surface area contributed by atoms with Crippen molar-refractivity contribution in [2.24, 2.45) is 5.92 Å². The predicted octanol–water partition coefficient (Wildman–Crippen LogP) is 4.69. The molecule has 3 nitrogen and oxygen atoms in total. The zero-order chi connectivity index (χ0) is 16.8. The summed E-state index contributed by atoms with van der Waals surface area (Å²) in [5.74, 6) is 0.947. The third-order valence-corrected chi connectivity index (χ3v) is 4.18. The molecule has 4 heteroatoms. The molecule has 0 aromatic heterocycles. The number of nitrogens with one attached hydrogen (secondary N) is 1. The van der Waals surface area contributed by atoms with Crippen LogP contribution in [0.15, 0.2) is 48.5 Å². The van der Waals surface area contributed by atoms with Crippen LogP contribution < -0.4 is 10.1 Å². The van der Waals surface area contributed by atoms with Crippen LogP contribution in [0.1, 0.15) is 36.7 Å². The van der Waals surface area contributed by atoms with Crippen molar-refractivity contribution in [3.8, 4) is 5.75 Å². The molecule has 0 aliphatic heterocycles. The second-order valence-corrected chi connectivity index (χ2v) is 6.32. The molecule has 0 aliphatic rings. The maximum Gasteiger partial charge on any atom is 0.251 e. The quantitative estimate of drug-likeness (QED) is 0.833. The van der Waals surface area contributed by atoms with Crippen LogP contribution in [0, 0.1) is 5.92 Å². The lowest BCUT2D eigenvalue weighted by molar-refractivity contribution is 0.0930. The van der Waals surface area contributed by atoms with E-state index in [9.17, 15) is 4.79 Å². The molecule has 0 saturated carbocycles. The highest BCUT2D eigenvalue weighted by Crippen LogP contribution is 2.19. The van der Waals surface area contributed by atoms with Crippen LogP contribution in [0.2, 0.25) is 5.02 Å². The Morgan fingerprint density at radius 1 is 1.13 bits per heavy atom. The number of carbonyl (C=O) groups excluding carboxylic acids is 1. The van der Waals surface area contributed by atoms with Crippen LogP contribution in [-0.2, 0) is 6.61 Å². The molecule has 2 rings (SSSR count). The van der Waals surface area contributed by atoms with Gasteiger partial charge in [0, 0.05) is 22.2 Å². The first-order valence-electron chi connectivity index (χ1n) is 7.74. The van der Waals surface area contributed by atoms with Gasteiger partial charge in [0.15, 0.2) is 0 Å². The second-order valence-electron chi connectivity index (χ2n) is 5.91. The van der Waals surface area contributed by atoms with Gasteiger partial charge in [0.25, 0.3) is 5.91 Å². The summed E-state index contributed by atoms with van der Waals surface area (Å²) in [4.78, 5) is 12.3. The molecule has 0 saturated heterocycles. The summed E-state index contributed by atoms with van der Waals surface area (Å²) >= 11 is 6.11. The van der Waals surface area contributed by atoms with Crippen molar-refractivity contribution in [3.63, 3.8) is 0 Å². The van der Waals surface area contributed by atoms with E-state index in [-0.39, 0.29) is 11.9 Å². The van der Waals surface area contributed by atoms with E-state index in [1.54, 1.807) is 12.1 Å². The number of hydrogen-bond donors (Lipinski definition) is 1. The molecule has 1 atom stereocenters. The average molecular weight is 332 g/mol. The lowest BCUT2D eigenvalue weighted by Crippen LogP contribution is -2.36. The molecule has 0 heterocycles. The topological polar surface area (TPSA) is 38.3 Å². The van der Waals surface area contributed by atoms with E-state index in [1.807, 2.05) is 43.3 Å². The maximum atomic E-state index is 12.3. The third kappa shape index (κ3) is 5.00. The highest BCUT2D eigenvalue weighted by molar-refractivity contribution is 6.31. The van der Waals surface area contributed by atoms with E-state index in [2.05, 4.69) is 19.2 Å². The first-order chi connectivity index (χ1) is 11.0. The Hall–Kier alpha value is -2.00. The summed E-state index contributed by atoms with van der Waals surface area (Å²) in [5.41, 5.74) is 1.51. The second kappa shape index (κ2) is 8.02. The van der Waals surface area contributed by atoms with Gasteiger partial charge in [-0.15, -0.1) is 0 Å². The number of carbonyl (C=O) groups is 1. The summed E-state index contributed by atoms with van der Waals surface area (Å²) in [6.45, 7) is 6.52. The van der Waals surface area contributed by atoms with E-state index in [0.717, 1.165) is 5.56 Å². The van der Waals surface area contributed by atoms with Crippen molar-refractivity contribution < 1.29 is 9.53 Å². The Balaban J connectivity index is 2.02. The fourth-order valence-electron chi connectivity index (χ4n) is 1.96. The molecule has 0 radical (unpaired) electrons. The fourth-order valence-corrected chi connectivity index (χ4v) is 2.15. The molecule has 122 valence electrons. The van der Waals surface area contributed by atoms with Gasteiger partial charge in [-0.1, -0.05) is 49.7 Å². The van der Waals surface area contributed by atoms with Gasteiger partial charge >= 0.3 is 0 Å². The largest absolute Gasteiger partial charge is 0.489 e. The number of benzene rings is 2. The smallest absolute Gasteiger partial charge is 0.251 e. The van der Waals surface area contributed by atoms with Gasteiger partial charge < -0.3 is 10.1 Å². The van der Waals surface area contributed by atoms with Crippen molar-refractivity contribution in [2.75, 3.05) is 0 Å². The van der Waals surface area contributed by atoms with Crippen LogP contribution in [0.4, 0.5) is 0 Å². The minimum absolute atomic E-state index is 0.0885. The summed E-state index contributed by atoms with van der Waals surface area (Å²) in [7, 11) is 0. The molecule has 0 unspecified atom stereocenters. The third-order valence-electron chi connectivity index (χ3n) is 3.81. The lowest BCUT2D eigenvalue weighted by atomic mass is 10.1. The van der Waals surface area contributed by atoms with E-state index in [0.29, 0.717) is 28.9 Å². The van der Waals surface area contributed by atoms with Crippen LogP contribution in [-0.4, -0.2) is 11.9 Å². The molecule has 2 aromatic rings. The van der Waals surface area contributed by atoms with Crippen molar-refractivity contribution in [3.05, 3.63) is 64.7 Å². The highest BCUT2D eigenvalue weighted by Gasteiger charge is 2.13. The standard InChI is InChI=1S/C19H22ClNO2/c1-13(2)14(3)21-19(22)15-8-6-9-17(11-15)23-12-16-7-4-5-10-18(16)20/h4-11,13-14H,12H2,1-3H3,(H,21,22)/t14-/m0/s1. The van der Waals surface area contributed by atoms with Gasteiger partial charge in [0.1, 0.15) is 12.4 Å². The maximum absolute atomic E-state index is 12.3.